The Hall–Kier alpha value is -2.30. The largest absolute Gasteiger partial charge is 0.505 e. The molecule has 0 aliphatic rings. The normalized spacial score (nSPS) is 11.7. The Morgan fingerprint density at radius 3 is 2.96 bits per heavy atom. The van der Waals surface area contributed by atoms with Crippen molar-refractivity contribution in [1.29, 1.82) is 0 Å². The van der Waals surface area contributed by atoms with Crippen LogP contribution in [0.4, 0.5) is 0 Å². The first-order valence-electron chi connectivity index (χ1n) is 7.23. The molecule has 0 saturated carbocycles. The van der Waals surface area contributed by atoms with E-state index in [-0.39, 0.29) is 22.0 Å². The number of pyridine rings is 1. The van der Waals surface area contributed by atoms with E-state index < -0.39 is 14.4 Å². The zero-order chi connectivity index (χ0) is 19.2. The van der Waals surface area contributed by atoms with E-state index in [9.17, 15) is 9.67 Å². The SMILES string of the molecule is Cc1ncc(COP(=O)(O)O)c(/C=N\NC(=S)NCc2ccco2)c1O. The number of rotatable bonds is 7. The van der Waals surface area contributed by atoms with Gasteiger partial charge in [-0.15, -0.1) is 0 Å². The summed E-state index contributed by atoms with van der Waals surface area (Å²) in [6.45, 7) is 1.49. The number of thiocarbonyl (C=S) groups is 1. The van der Waals surface area contributed by atoms with Gasteiger partial charge in [0.05, 0.1) is 31.3 Å². The summed E-state index contributed by atoms with van der Waals surface area (Å²) < 4.78 is 20.4. The molecular formula is C14H17N4O6PS. The van der Waals surface area contributed by atoms with Crippen molar-refractivity contribution in [3.63, 3.8) is 0 Å². The summed E-state index contributed by atoms with van der Waals surface area (Å²) in [7, 11) is -4.66. The Labute approximate surface area is 154 Å². The molecule has 0 amide bonds. The topological polar surface area (TPSA) is 149 Å². The fraction of sp³-hybridized carbons (Fsp3) is 0.214. The maximum absolute atomic E-state index is 10.9. The van der Waals surface area contributed by atoms with Gasteiger partial charge in [-0.3, -0.25) is 14.9 Å². The molecule has 0 unspecified atom stereocenters. The third kappa shape index (κ3) is 6.21. The van der Waals surface area contributed by atoms with Crippen LogP contribution in [0.5, 0.6) is 5.75 Å². The minimum absolute atomic E-state index is 0.183. The van der Waals surface area contributed by atoms with E-state index in [4.69, 9.17) is 26.4 Å². The molecule has 0 aliphatic carbocycles. The molecule has 0 saturated heterocycles. The average molecular weight is 400 g/mol. The molecule has 0 atom stereocenters. The molecule has 2 aromatic heterocycles. The average Bonchev–Trinajstić information content (AvgIpc) is 3.08. The van der Waals surface area contributed by atoms with Crippen LogP contribution < -0.4 is 10.7 Å². The number of aromatic nitrogens is 1. The number of hydrogen-bond acceptors (Lipinski definition) is 7. The molecule has 12 heteroatoms. The smallest absolute Gasteiger partial charge is 0.469 e. The third-order valence-corrected chi connectivity index (χ3v) is 3.81. The monoisotopic (exact) mass is 400 g/mol. The van der Waals surface area contributed by atoms with Gasteiger partial charge in [0.25, 0.3) is 0 Å². The second-order valence-corrected chi connectivity index (χ2v) is 6.67. The number of hydrogen-bond donors (Lipinski definition) is 5. The van der Waals surface area contributed by atoms with Gasteiger partial charge in [0.2, 0.25) is 0 Å². The Bertz CT molecular complexity index is 836. The van der Waals surface area contributed by atoms with Gasteiger partial charge in [-0.05, 0) is 31.3 Å². The molecule has 10 nitrogen and oxygen atoms in total. The highest BCUT2D eigenvalue weighted by molar-refractivity contribution is 7.80. The van der Waals surface area contributed by atoms with E-state index in [1.165, 1.54) is 12.4 Å². The minimum Gasteiger partial charge on any atom is -0.505 e. The summed E-state index contributed by atoms with van der Waals surface area (Å²) in [6.07, 6.45) is 4.13. The summed E-state index contributed by atoms with van der Waals surface area (Å²) in [6, 6.07) is 3.53. The van der Waals surface area contributed by atoms with Crippen LogP contribution in [0.3, 0.4) is 0 Å². The molecule has 0 aliphatic heterocycles. The van der Waals surface area contributed by atoms with Crippen molar-refractivity contribution in [2.45, 2.75) is 20.1 Å². The van der Waals surface area contributed by atoms with Gasteiger partial charge >= 0.3 is 7.82 Å². The molecule has 2 aromatic rings. The summed E-state index contributed by atoms with van der Waals surface area (Å²) >= 11 is 5.05. The molecule has 0 radical (unpaired) electrons. The lowest BCUT2D eigenvalue weighted by molar-refractivity contribution is 0.188. The number of aromatic hydroxyl groups is 1. The van der Waals surface area contributed by atoms with Crippen molar-refractivity contribution < 1.29 is 28.4 Å². The molecule has 26 heavy (non-hydrogen) atoms. The van der Waals surface area contributed by atoms with E-state index >= 15 is 0 Å². The minimum atomic E-state index is -4.66. The highest BCUT2D eigenvalue weighted by Gasteiger charge is 2.17. The van der Waals surface area contributed by atoms with Crippen LogP contribution in [0.2, 0.25) is 0 Å². The zero-order valence-electron chi connectivity index (χ0n) is 13.6. The van der Waals surface area contributed by atoms with Crippen LogP contribution in [-0.4, -0.2) is 31.2 Å². The molecule has 2 heterocycles. The second kappa shape index (κ2) is 8.88. The summed E-state index contributed by atoms with van der Waals surface area (Å²) in [5.74, 6) is 0.509. The molecule has 0 fully saturated rings. The third-order valence-electron chi connectivity index (χ3n) is 3.11. The second-order valence-electron chi connectivity index (χ2n) is 5.03. The van der Waals surface area contributed by atoms with E-state index in [1.807, 2.05) is 0 Å². The van der Waals surface area contributed by atoms with E-state index in [0.29, 0.717) is 18.0 Å². The van der Waals surface area contributed by atoms with Crippen LogP contribution in [0.15, 0.2) is 34.1 Å². The molecule has 0 spiro atoms. The van der Waals surface area contributed by atoms with E-state index in [2.05, 4.69) is 25.4 Å². The molecule has 2 rings (SSSR count). The van der Waals surface area contributed by atoms with E-state index in [0.717, 1.165) is 0 Å². The number of aryl methyl sites for hydroxylation is 1. The molecule has 5 N–H and O–H groups in total. The first-order chi connectivity index (χ1) is 12.3. The summed E-state index contributed by atoms with van der Waals surface area (Å²) in [4.78, 5) is 21.5. The molecular weight excluding hydrogens is 383 g/mol. The van der Waals surface area contributed by atoms with Crippen molar-refractivity contribution in [1.82, 2.24) is 15.7 Å². The lowest BCUT2D eigenvalue weighted by Crippen LogP contribution is -2.31. The van der Waals surface area contributed by atoms with Gasteiger partial charge in [-0.25, -0.2) is 4.57 Å². The number of nitrogens with zero attached hydrogens (tertiary/aromatic N) is 2. The molecule has 0 aromatic carbocycles. The highest BCUT2D eigenvalue weighted by Crippen LogP contribution is 2.37. The van der Waals surface area contributed by atoms with Gasteiger partial charge < -0.3 is 24.6 Å². The Morgan fingerprint density at radius 2 is 2.31 bits per heavy atom. The van der Waals surface area contributed by atoms with Gasteiger partial charge in [-0.2, -0.15) is 5.10 Å². The van der Waals surface area contributed by atoms with Crippen LogP contribution in [0.1, 0.15) is 22.6 Å². The van der Waals surface area contributed by atoms with Crippen LogP contribution in [-0.2, 0) is 22.2 Å². The lowest BCUT2D eigenvalue weighted by Gasteiger charge is -2.11. The van der Waals surface area contributed by atoms with Crippen LogP contribution in [0.25, 0.3) is 0 Å². The number of nitrogens with one attached hydrogen (secondary N) is 2. The number of phosphoric acid groups is 1. The van der Waals surface area contributed by atoms with Crippen molar-refractivity contribution in [3.05, 3.63) is 47.2 Å². The number of phosphoric ester groups is 1. The zero-order valence-corrected chi connectivity index (χ0v) is 15.3. The molecule has 0 bridgehead atoms. The Morgan fingerprint density at radius 1 is 1.54 bits per heavy atom. The van der Waals surface area contributed by atoms with Gasteiger partial charge in [-0.1, -0.05) is 0 Å². The van der Waals surface area contributed by atoms with Gasteiger partial charge in [0.1, 0.15) is 11.5 Å². The standard InChI is InChI=1S/C14H17N4O6PS/c1-9-13(19)12(10(5-15-9)8-24-25(20,21)22)7-17-18-14(26)16-6-11-3-2-4-23-11/h2-5,7,19H,6,8H2,1H3,(H2,16,18,26)(H2,20,21,22)/b17-7-. The maximum atomic E-state index is 10.9. The first kappa shape index (κ1) is 20.0. The highest BCUT2D eigenvalue weighted by atomic mass is 32.1. The maximum Gasteiger partial charge on any atom is 0.469 e. The van der Waals surface area contributed by atoms with Crippen molar-refractivity contribution in [2.75, 3.05) is 0 Å². The first-order valence-corrected chi connectivity index (χ1v) is 9.17. The fourth-order valence-electron chi connectivity index (χ4n) is 1.84. The quantitative estimate of drug-likeness (QED) is 0.199. The Kier molecular flexibility index (Phi) is 6.83. The van der Waals surface area contributed by atoms with Crippen molar-refractivity contribution in [3.8, 4) is 5.75 Å². The Balaban J connectivity index is 2.01. The van der Waals surface area contributed by atoms with Crippen LogP contribution >= 0.6 is 20.0 Å². The summed E-state index contributed by atoms with van der Waals surface area (Å²) in [5.41, 5.74) is 3.33. The number of furan rings is 1. The van der Waals surface area contributed by atoms with Gasteiger partial charge in [0, 0.05) is 17.3 Å². The summed E-state index contributed by atoms with van der Waals surface area (Å²) in [5, 5.41) is 17.1. The van der Waals surface area contributed by atoms with Crippen molar-refractivity contribution in [2.24, 2.45) is 5.10 Å². The van der Waals surface area contributed by atoms with Gasteiger partial charge in [0.15, 0.2) is 5.11 Å². The predicted octanol–water partition coefficient (Wildman–Crippen LogP) is 1.30. The lowest BCUT2D eigenvalue weighted by atomic mass is 10.1. The molecule has 140 valence electrons. The van der Waals surface area contributed by atoms with E-state index in [1.54, 1.807) is 25.3 Å². The van der Waals surface area contributed by atoms with Crippen LogP contribution in [0, 0.1) is 6.92 Å². The van der Waals surface area contributed by atoms with Crippen molar-refractivity contribution >= 4 is 31.4 Å². The fourth-order valence-corrected chi connectivity index (χ4v) is 2.27. The predicted molar refractivity (Wildman–Crippen MR) is 96.3 cm³/mol. The number of hydrazone groups is 1.